The molecule has 1 N–H and O–H groups in total. The molecule has 21 heavy (non-hydrogen) atoms. The van der Waals surface area contributed by atoms with Crippen molar-refractivity contribution in [3.63, 3.8) is 0 Å². The van der Waals surface area contributed by atoms with Gasteiger partial charge in [-0.3, -0.25) is 14.5 Å². The van der Waals surface area contributed by atoms with Gasteiger partial charge in [-0.05, 0) is 36.6 Å². The summed E-state index contributed by atoms with van der Waals surface area (Å²) >= 11 is 0. The van der Waals surface area contributed by atoms with E-state index in [1.54, 1.807) is 24.3 Å². The van der Waals surface area contributed by atoms with Crippen molar-refractivity contribution >= 4 is 11.8 Å². The van der Waals surface area contributed by atoms with Crippen LogP contribution in [0.3, 0.4) is 0 Å². The fourth-order valence-electron chi connectivity index (χ4n) is 2.69. The number of hydrogen-bond donors (Lipinski definition) is 1. The zero-order chi connectivity index (χ0) is 15.0. The second-order valence-corrected chi connectivity index (χ2v) is 5.85. The molecule has 0 saturated heterocycles. The number of aromatic nitrogens is 1. The summed E-state index contributed by atoms with van der Waals surface area (Å²) in [6.45, 7) is 4.61. The zero-order valence-corrected chi connectivity index (χ0v) is 12.2. The summed E-state index contributed by atoms with van der Waals surface area (Å²) in [7, 11) is 0. The minimum Gasteiger partial charge on any atom is -0.361 e. The minimum atomic E-state index is -0.212. The van der Waals surface area contributed by atoms with Gasteiger partial charge in [0.05, 0.1) is 17.7 Å². The van der Waals surface area contributed by atoms with Gasteiger partial charge in [0.25, 0.3) is 11.8 Å². The number of carbonyl (C=O) groups excluding carboxylic acids is 2. The predicted octanol–water partition coefficient (Wildman–Crippen LogP) is 3.01. The number of aromatic amines is 1. The molecule has 2 heterocycles. The van der Waals surface area contributed by atoms with E-state index in [-0.39, 0.29) is 11.8 Å². The summed E-state index contributed by atoms with van der Waals surface area (Å²) in [6, 6.07) is 10.9. The van der Waals surface area contributed by atoms with Crippen molar-refractivity contribution in [3.05, 3.63) is 58.9 Å². The van der Waals surface area contributed by atoms with Crippen molar-refractivity contribution in [1.82, 2.24) is 9.88 Å². The molecule has 4 heteroatoms. The lowest BCUT2D eigenvalue weighted by molar-refractivity contribution is 0.0640. The number of rotatable bonds is 4. The maximum atomic E-state index is 12.3. The van der Waals surface area contributed by atoms with Crippen molar-refractivity contribution < 1.29 is 9.59 Å². The first kappa shape index (κ1) is 13.6. The lowest BCUT2D eigenvalue weighted by Gasteiger charge is -2.12. The van der Waals surface area contributed by atoms with Crippen molar-refractivity contribution in [2.24, 2.45) is 5.92 Å². The third-order valence-corrected chi connectivity index (χ3v) is 3.64. The van der Waals surface area contributed by atoms with Crippen LogP contribution in [0.15, 0.2) is 36.4 Å². The van der Waals surface area contributed by atoms with E-state index in [0.717, 1.165) is 17.8 Å². The second kappa shape index (κ2) is 5.20. The highest BCUT2D eigenvalue weighted by atomic mass is 16.2. The maximum Gasteiger partial charge on any atom is 0.261 e. The number of imide groups is 1. The van der Waals surface area contributed by atoms with Crippen LogP contribution >= 0.6 is 0 Å². The fraction of sp³-hybridized carbons (Fsp3) is 0.294. The first-order chi connectivity index (χ1) is 10.1. The van der Waals surface area contributed by atoms with E-state index in [1.165, 1.54) is 4.90 Å². The molecule has 0 unspecified atom stereocenters. The van der Waals surface area contributed by atoms with E-state index >= 15 is 0 Å². The number of carbonyl (C=O) groups is 2. The predicted molar refractivity (Wildman–Crippen MR) is 80.0 cm³/mol. The summed E-state index contributed by atoms with van der Waals surface area (Å²) in [4.78, 5) is 29.2. The Balaban J connectivity index is 1.79. The van der Waals surface area contributed by atoms with Crippen LogP contribution in [0.4, 0.5) is 0 Å². The molecule has 1 aliphatic heterocycles. The van der Waals surface area contributed by atoms with Crippen molar-refractivity contribution in [2.75, 3.05) is 0 Å². The fourth-order valence-corrected chi connectivity index (χ4v) is 2.69. The molecular weight excluding hydrogens is 264 g/mol. The number of amides is 2. The first-order valence-electron chi connectivity index (χ1n) is 7.18. The normalized spacial score (nSPS) is 14.1. The van der Waals surface area contributed by atoms with Gasteiger partial charge in [-0.2, -0.15) is 0 Å². The van der Waals surface area contributed by atoms with Gasteiger partial charge >= 0.3 is 0 Å². The molecule has 0 saturated carbocycles. The largest absolute Gasteiger partial charge is 0.361 e. The highest BCUT2D eigenvalue weighted by molar-refractivity contribution is 6.21. The molecule has 2 aromatic rings. The highest BCUT2D eigenvalue weighted by Crippen LogP contribution is 2.24. The van der Waals surface area contributed by atoms with Crippen LogP contribution in [0.5, 0.6) is 0 Å². The Morgan fingerprint density at radius 2 is 1.52 bits per heavy atom. The van der Waals surface area contributed by atoms with Crippen LogP contribution in [-0.4, -0.2) is 21.7 Å². The number of nitrogens with zero attached hydrogens (tertiary/aromatic N) is 1. The van der Waals surface area contributed by atoms with E-state index in [2.05, 4.69) is 18.8 Å². The van der Waals surface area contributed by atoms with Gasteiger partial charge in [0.15, 0.2) is 0 Å². The Hall–Kier alpha value is -2.36. The second-order valence-electron chi connectivity index (χ2n) is 5.85. The van der Waals surface area contributed by atoms with Gasteiger partial charge < -0.3 is 4.98 Å². The van der Waals surface area contributed by atoms with Gasteiger partial charge in [-0.15, -0.1) is 0 Å². The smallest absolute Gasteiger partial charge is 0.261 e. The summed E-state index contributed by atoms with van der Waals surface area (Å²) < 4.78 is 0. The Morgan fingerprint density at radius 1 is 0.952 bits per heavy atom. The lowest BCUT2D eigenvalue weighted by atomic mass is 10.1. The molecule has 1 aromatic heterocycles. The van der Waals surface area contributed by atoms with E-state index < -0.39 is 0 Å². The van der Waals surface area contributed by atoms with E-state index in [9.17, 15) is 9.59 Å². The third kappa shape index (κ3) is 2.49. The molecule has 0 spiro atoms. The molecule has 0 bridgehead atoms. The molecule has 0 aliphatic carbocycles. The Kier molecular flexibility index (Phi) is 3.37. The van der Waals surface area contributed by atoms with Gasteiger partial charge in [0.2, 0.25) is 0 Å². The van der Waals surface area contributed by atoms with E-state index in [0.29, 0.717) is 23.6 Å². The monoisotopic (exact) mass is 282 g/mol. The van der Waals surface area contributed by atoms with Crippen molar-refractivity contribution in [1.29, 1.82) is 0 Å². The number of benzene rings is 1. The average Bonchev–Trinajstić information content (AvgIpc) is 2.98. The molecule has 1 aliphatic rings. The Bertz CT molecular complexity index is 665. The van der Waals surface area contributed by atoms with Crippen molar-refractivity contribution in [2.45, 2.75) is 26.8 Å². The van der Waals surface area contributed by atoms with Crippen LogP contribution < -0.4 is 0 Å². The first-order valence-corrected chi connectivity index (χ1v) is 7.18. The topological polar surface area (TPSA) is 53.2 Å². The van der Waals surface area contributed by atoms with Gasteiger partial charge in [0, 0.05) is 11.4 Å². The zero-order valence-electron chi connectivity index (χ0n) is 12.2. The molecule has 3 rings (SSSR count). The summed E-state index contributed by atoms with van der Waals surface area (Å²) in [5.74, 6) is 0.141. The van der Waals surface area contributed by atoms with Gasteiger partial charge in [0.1, 0.15) is 0 Å². The molecule has 2 amide bonds. The highest BCUT2D eigenvalue weighted by Gasteiger charge is 2.35. The quantitative estimate of drug-likeness (QED) is 0.876. The van der Waals surface area contributed by atoms with Gasteiger partial charge in [-0.1, -0.05) is 26.0 Å². The van der Waals surface area contributed by atoms with Crippen LogP contribution in [0, 0.1) is 5.92 Å². The summed E-state index contributed by atoms with van der Waals surface area (Å²) in [5, 5.41) is 0. The van der Waals surface area contributed by atoms with Crippen LogP contribution in [0.25, 0.3) is 0 Å². The third-order valence-electron chi connectivity index (χ3n) is 3.64. The number of hydrogen-bond acceptors (Lipinski definition) is 2. The van der Waals surface area contributed by atoms with Crippen LogP contribution in [-0.2, 0) is 13.0 Å². The molecule has 1 aromatic carbocycles. The average molecular weight is 282 g/mol. The number of nitrogens with one attached hydrogen (secondary N) is 1. The van der Waals surface area contributed by atoms with E-state index in [4.69, 9.17) is 0 Å². The molecule has 0 atom stereocenters. The molecule has 108 valence electrons. The SMILES string of the molecule is CC(C)Cc1ccc(CN2C(=O)c3ccccc3C2=O)[nH]1. The minimum absolute atomic E-state index is 0.212. The number of H-pyrrole nitrogens is 1. The van der Waals surface area contributed by atoms with Crippen LogP contribution in [0.1, 0.15) is 46.0 Å². The Morgan fingerprint density at radius 3 is 2.10 bits per heavy atom. The maximum absolute atomic E-state index is 12.3. The molecule has 0 fully saturated rings. The Labute approximate surface area is 123 Å². The van der Waals surface area contributed by atoms with E-state index in [1.807, 2.05) is 12.1 Å². The summed E-state index contributed by atoms with van der Waals surface area (Å²) in [5.41, 5.74) is 3.02. The molecular formula is C17H18N2O2. The summed E-state index contributed by atoms with van der Waals surface area (Å²) in [6.07, 6.45) is 0.960. The lowest BCUT2D eigenvalue weighted by Crippen LogP contribution is -2.29. The standard InChI is InChI=1S/C17H18N2O2/c1-11(2)9-12-7-8-13(18-12)10-19-16(20)14-5-3-4-6-15(14)17(19)21/h3-8,11,18H,9-10H2,1-2H3. The van der Waals surface area contributed by atoms with Gasteiger partial charge in [-0.25, -0.2) is 0 Å². The molecule has 4 nitrogen and oxygen atoms in total. The van der Waals surface area contributed by atoms with Crippen LogP contribution in [0.2, 0.25) is 0 Å². The van der Waals surface area contributed by atoms with Crippen molar-refractivity contribution in [3.8, 4) is 0 Å². The molecule has 0 radical (unpaired) electrons. The number of fused-ring (bicyclic) bond motifs is 1.